The smallest absolute Gasteiger partial charge is 0.310 e. The maximum Gasteiger partial charge on any atom is 0.310 e. The minimum atomic E-state index is -0.875. The van der Waals surface area contributed by atoms with Gasteiger partial charge in [-0.2, -0.15) is 0 Å². The standard InChI is InChI=1S/C31H35N5O5S/c1-3-16-34(19-35-23-13-9-8-12-22(23)32-33-35)29(39)27-31-15-14-24(42-31)25(30(40)41-4-2)26(31)28(38)36(27)21(18-37)17-20-10-6-5-7-11-20/h3,5-13,21,24-27,37H,1,4,14-19H2,2H3/t21-,24+,25-,26+,27?,31?/m1/s1. The number of amides is 2. The molecular weight excluding hydrogens is 554 g/mol. The molecule has 0 aliphatic carbocycles. The average molecular weight is 590 g/mol. The summed E-state index contributed by atoms with van der Waals surface area (Å²) >= 11 is 1.58. The number of nitrogens with zero attached hydrogens (tertiary/aromatic N) is 5. The summed E-state index contributed by atoms with van der Waals surface area (Å²) in [4.78, 5) is 45.7. The Morgan fingerprint density at radius 1 is 1.24 bits per heavy atom. The molecule has 6 rings (SSSR count). The summed E-state index contributed by atoms with van der Waals surface area (Å²) in [6.45, 7) is 5.88. The zero-order valence-electron chi connectivity index (χ0n) is 23.5. The molecule has 1 spiro atoms. The summed E-state index contributed by atoms with van der Waals surface area (Å²) in [7, 11) is 0. The Morgan fingerprint density at radius 3 is 2.74 bits per heavy atom. The number of aliphatic hydroxyl groups is 1. The molecule has 3 saturated heterocycles. The number of esters is 1. The number of aromatic nitrogens is 3. The molecule has 220 valence electrons. The van der Waals surface area contributed by atoms with Gasteiger partial charge in [0.1, 0.15) is 18.2 Å². The number of fused-ring (bicyclic) bond motifs is 2. The normalized spacial score (nSPS) is 26.8. The molecule has 0 radical (unpaired) electrons. The van der Waals surface area contributed by atoms with Crippen LogP contribution >= 0.6 is 11.8 Å². The molecule has 2 bridgehead atoms. The number of carbonyl (C=O) groups is 3. The Kier molecular flexibility index (Phi) is 7.80. The van der Waals surface area contributed by atoms with Crippen molar-refractivity contribution < 1.29 is 24.2 Å². The van der Waals surface area contributed by atoms with Gasteiger partial charge in [0.2, 0.25) is 11.8 Å². The third-order valence-electron chi connectivity index (χ3n) is 8.84. The zero-order valence-corrected chi connectivity index (χ0v) is 24.4. The van der Waals surface area contributed by atoms with Crippen molar-refractivity contribution in [2.75, 3.05) is 19.8 Å². The van der Waals surface area contributed by atoms with E-state index in [1.54, 1.807) is 39.2 Å². The number of thioether (sulfide) groups is 1. The Bertz CT molecular complexity index is 1500. The molecule has 2 aromatic carbocycles. The van der Waals surface area contributed by atoms with E-state index in [4.69, 9.17) is 4.74 Å². The maximum absolute atomic E-state index is 14.8. The summed E-state index contributed by atoms with van der Waals surface area (Å²) < 4.78 is 6.31. The second-order valence-electron chi connectivity index (χ2n) is 11.1. The van der Waals surface area contributed by atoms with Crippen LogP contribution in [0.15, 0.2) is 67.3 Å². The monoisotopic (exact) mass is 589 g/mol. The minimum Gasteiger partial charge on any atom is -0.466 e. The third-order valence-corrected chi connectivity index (χ3v) is 10.8. The summed E-state index contributed by atoms with van der Waals surface area (Å²) in [5, 5.41) is 19.1. The van der Waals surface area contributed by atoms with Crippen LogP contribution in [0, 0.1) is 11.8 Å². The highest BCUT2D eigenvalue weighted by Crippen LogP contribution is 2.67. The average Bonchev–Trinajstić information content (AvgIpc) is 3.75. The van der Waals surface area contributed by atoms with Gasteiger partial charge in [-0.1, -0.05) is 53.8 Å². The molecule has 0 saturated carbocycles. The minimum absolute atomic E-state index is 0.0933. The van der Waals surface area contributed by atoms with Gasteiger partial charge in [-0.05, 0) is 43.9 Å². The number of benzene rings is 2. The van der Waals surface area contributed by atoms with Gasteiger partial charge < -0.3 is 19.6 Å². The van der Waals surface area contributed by atoms with Gasteiger partial charge >= 0.3 is 5.97 Å². The second kappa shape index (κ2) is 11.5. The van der Waals surface area contributed by atoms with Crippen molar-refractivity contribution in [3.05, 3.63) is 72.8 Å². The molecule has 4 heterocycles. The van der Waals surface area contributed by atoms with Crippen LogP contribution in [0.2, 0.25) is 0 Å². The van der Waals surface area contributed by atoms with E-state index < -0.39 is 28.7 Å². The molecule has 3 aromatic rings. The van der Waals surface area contributed by atoms with Crippen molar-refractivity contribution in [2.24, 2.45) is 11.8 Å². The first-order chi connectivity index (χ1) is 20.4. The molecule has 42 heavy (non-hydrogen) atoms. The third kappa shape index (κ3) is 4.59. The van der Waals surface area contributed by atoms with Gasteiger partial charge in [-0.3, -0.25) is 14.4 Å². The van der Waals surface area contributed by atoms with E-state index >= 15 is 0 Å². The van der Waals surface area contributed by atoms with Crippen LogP contribution in [0.1, 0.15) is 25.3 Å². The summed E-state index contributed by atoms with van der Waals surface area (Å²) in [5.74, 6) is -2.23. The molecule has 6 atom stereocenters. The van der Waals surface area contributed by atoms with Crippen LogP contribution < -0.4 is 0 Å². The fraction of sp³-hybridized carbons (Fsp3) is 0.452. The lowest BCUT2D eigenvalue weighted by Gasteiger charge is -2.39. The van der Waals surface area contributed by atoms with E-state index in [0.29, 0.717) is 24.8 Å². The predicted molar refractivity (Wildman–Crippen MR) is 158 cm³/mol. The number of hydrogen-bond acceptors (Lipinski definition) is 8. The lowest BCUT2D eigenvalue weighted by atomic mass is 9.71. The maximum atomic E-state index is 14.8. The number of hydrogen-bond donors (Lipinski definition) is 1. The number of para-hydroxylation sites is 1. The highest BCUT2D eigenvalue weighted by Gasteiger charge is 2.74. The summed E-state index contributed by atoms with van der Waals surface area (Å²) in [5.41, 5.74) is 2.44. The topological polar surface area (TPSA) is 118 Å². The molecule has 3 aliphatic rings. The molecule has 2 amide bonds. The van der Waals surface area contributed by atoms with Crippen molar-refractivity contribution >= 4 is 40.6 Å². The predicted octanol–water partition coefficient (Wildman–Crippen LogP) is 2.66. The molecule has 3 fully saturated rings. The second-order valence-corrected chi connectivity index (χ2v) is 12.7. The Morgan fingerprint density at radius 2 is 2.00 bits per heavy atom. The number of rotatable bonds is 11. The van der Waals surface area contributed by atoms with Gasteiger partial charge in [0.05, 0.1) is 41.4 Å². The van der Waals surface area contributed by atoms with E-state index in [9.17, 15) is 19.5 Å². The van der Waals surface area contributed by atoms with Gasteiger partial charge in [0.25, 0.3) is 0 Å². The van der Waals surface area contributed by atoms with Crippen LogP contribution in [0.25, 0.3) is 11.0 Å². The van der Waals surface area contributed by atoms with Crippen molar-refractivity contribution in [3.63, 3.8) is 0 Å². The SMILES string of the molecule is C=CCN(Cn1nnc2ccccc21)C(=O)C1N([C@@H](CO)Cc2ccccc2)C(=O)[C@@H]2[C@H](C(=O)OCC)[C@@H]3CCC12S3. The number of likely N-dealkylation sites (tertiary alicyclic amines) is 1. The Balaban J connectivity index is 1.41. The largest absolute Gasteiger partial charge is 0.466 e. The quantitative estimate of drug-likeness (QED) is 0.268. The van der Waals surface area contributed by atoms with Gasteiger partial charge in [0.15, 0.2) is 0 Å². The zero-order chi connectivity index (χ0) is 29.4. The number of carbonyl (C=O) groups excluding carboxylic acids is 3. The van der Waals surface area contributed by atoms with E-state index in [-0.39, 0.29) is 49.5 Å². The highest BCUT2D eigenvalue weighted by atomic mass is 32.2. The van der Waals surface area contributed by atoms with Gasteiger partial charge in [-0.15, -0.1) is 23.4 Å². The van der Waals surface area contributed by atoms with Crippen LogP contribution in [-0.4, -0.2) is 89.5 Å². The van der Waals surface area contributed by atoms with Gasteiger partial charge in [-0.25, -0.2) is 4.68 Å². The molecule has 3 aliphatic heterocycles. The molecule has 1 aromatic heterocycles. The van der Waals surface area contributed by atoms with E-state index in [2.05, 4.69) is 16.9 Å². The summed E-state index contributed by atoms with van der Waals surface area (Å²) in [6.07, 6.45) is 3.37. The number of ether oxygens (including phenoxy) is 1. The first-order valence-corrected chi connectivity index (χ1v) is 15.3. The molecule has 1 N–H and O–H groups in total. The molecule has 2 unspecified atom stereocenters. The first-order valence-electron chi connectivity index (χ1n) is 14.4. The molecule has 10 nitrogen and oxygen atoms in total. The Labute approximate surface area is 248 Å². The van der Waals surface area contributed by atoms with Crippen molar-refractivity contribution in [3.8, 4) is 0 Å². The van der Waals surface area contributed by atoms with E-state index in [1.807, 2.05) is 54.6 Å². The van der Waals surface area contributed by atoms with Gasteiger partial charge in [0, 0.05) is 11.8 Å². The van der Waals surface area contributed by atoms with Crippen LogP contribution in [0.4, 0.5) is 0 Å². The molecular formula is C31H35N5O5S. The first kappa shape index (κ1) is 28.4. The van der Waals surface area contributed by atoms with Crippen LogP contribution in [0.5, 0.6) is 0 Å². The van der Waals surface area contributed by atoms with Crippen LogP contribution in [0.3, 0.4) is 0 Å². The van der Waals surface area contributed by atoms with E-state index in [1.165, 1.54) is 0 Å². The summed E-state index contributed by atoms with van der Waals surface area (Å²) in [6, 6.07) is 15.6. The highest BCUT2D eigenvalue weighted by molar-refractivity contribution is 8.02. The molecule has 11 heteroatoms. The fourth-order valence-corrected chi connectivity index (χ4v) is 9.32. The lowest BCUT2D eigenvalue weighted by molar-refractivity contribution is -0.154. The lowest BCUT2D eigenvalue weighted by Crippen LogP contribution is -2.58. The van der Waals surface area contributed by atoms with E-state index in [0.717, 1.165) is 11.1 Å². The van der Waals surface area contributed by atoms with Crippen LogP contribution in [-0.2, 0) is 32.2 Å². The number of aliphatic hydroxyl groups excluding tert-OH is 1. The van der Waals surface area contributed by atoms with Crippen molar-refractivity contribution in [1.82, 2.24) is 24.8 Å². The Hall–Kier alpha value is -3.70. The van der Waals surface area contributed by atoms with Crippen molar-refractivity contribution in [1.29, 1.82) is 0 Å². The fourth-order valence-electron chi connectivity index (χ4n) is 7.14. The van der Waals surface area contributed by atoms with Crippen molar-refractivity contribution in [2.45, 2.75) is 54.9 Å².